The predicted octanol–water partition coefficient (Wildman–Crippen LogP) is 5.31. The van der Waals surface area contributed by atoms with Crippen LogP contribution in [-0.2, 0) is 0 Å². The summed E-state index contributed by atoms with van der Waals surface area (Å²) >= 11 is 13.4. The Morgan fingerprint density at radius 1 is 1.22 bits per heavy atom. The number of para-hydroxylation sites is 2. The van der Waals surface area contributed by atoms with Crippen molar-refractivity contribution < 1.29 is 0 Å². The maximum Gasteiger partial charge on any atom is 0.205 e. The van der Waals surface area contributed by atoms with E-state index in [0.717, 1.165) is 11.0 Å². The van der Waals surface area contributed by atoms with Crippen LogP contribution in [0.1, 0.15) is 7.43 Å². The molecule has 0 radical (unpaired) electrons. The van der Waals surface area contributed by atoms with Crippen molar-refractivity contribution in [2.45, 2.75) is 7.43 Å². The maximum atomic E-state index is 6.02. The number of nitrogens with zero attached hydrogens (tertiary/aromatic N) is 1. The number of nitrogens with one attached hydrogen (secondary N) is 2. The largest absolute Gasteiger partial charge is 0.324 e. The van der Waals surface area contributed by atoms with Crippen molar-refractivity contribution in [3.05, 3.63) is 39.0 Å². The first-order valence-corrected chi connectivity index (χ1v) is 6.52. The number of fused-ring (bicyclic) bond motifs is 1. The Morgan fingerprint density at radius 3 is 2.67 bits per heavy atom. The molecule has 6 heteroatoms. The van der Waals surface area contributed by atoms with E-state index >= 15 is 0 Å². The van der Waals surface area contributed by atoms with Gasteiger partial charge in [0.05, 0.1) is 21.7 Å². The fourth-order valence-corrected chi connectivity index (χ4v) is 2.82. The summed E-state index contributed by atoms with van der Waals surface area (Å²) < 4.78 is 0.621. The van der Waals surface area contributed by atoms with Gasteiger partial charge in [-0.1, -0.05) is 42.8 Å². The molecule has 18 heavy (non-hydrogen) atoms. The van der Waals surface area contributed by atoms with Crippen molar-refractivity contribution in [1.82, 2.24) is 9.97 Å². The minimum atomic E-state index is 0. The van der Waals surface area contributed by atoms with E-state index in [1.165, 1.54) is 11.3 Å². The van der Waals surface area contributed by atoms with E-state index in [4.69, 9.17) is 23.2 Å². The quantitative estimate of drug-likeness (QED) is 0.673. The van der Waals surface area contributed by atoms with Gasteiger partial charge >= 0.3 is 0 Å². The molecule has 0 bridgehead atoms. The van der Waals surface area contributed by atoms with Gasteiger partial charge in [-0.25, -0.2) is 4.98 Å². The number of anilines is 2. The Balaban J connectivity index is 0.00000120. The fraction of sp³-hybridized carbons (Fsp3) is 0.0833. The van der Waals surface area contributed by atoms with Gasteiger partial charge in [-0.3, -0.25) is 0 Å². The SMILES string of the molecule is C.Clc1csc(Cl)c1Nc1nc2ccccc2[nH]1. The topological polar surface area (TPSA) is 40.7 Å². The molecule has 3 rings (SSSR count). The zero-order chi connectivity index (χ0) is 11.8. The van der Waals surface area contributed by atoms with Crippen LogP contribution in [0, 0.1) is 0 Å². The molecule has 0 saturated heterocycles. The minimum absolute atomic E-state index is 0. The minimum Gasteiger partial charge on any atom is -0.324 e. The molecule has 3 aromatic rings. The highest BCUT2D eigenvalue weighted by molar-refractivity contribution is 7.15. The van der Waals surface area contributed by atoms with Gasteiger partial charge in [-0.15, -0.1) is 11.3 Å². The highest BCUT2D eigenvalue weighted by atomic mass is 35.5. The summed E-state index contributed by atoms with van der Waals surface area (Å²) in [7, 11) is 0. The van der Waals surface area contributed by atoms with Crippen molar-refractivity contribution in [3.8, 4) is 0 Å². The van der Waals surface area contributed by atoms with E-state index in [1.54, 1.807) is 5.38 Å². The fourth-order valence-electron chi connectivity index (χ4n) is 1.55. The van der Waals surface area contributed by atoms with Gasteiger partial charge in [0, 0.05) is 5.38 Å². The molecule has 0 aliphatic rings. The van der Waals surface area contributed by atoms with E-state index in [1.807, 2.05) is 24.3 Å². The van der Waals surface area contributed by atoms with E-state index < -0.39 is 0 Å². The molecule has 1 aromatic carbocycles. The number of hydrogen-bond acceptors (Lipinski definition) is 3. The van der Waals surface area contributed by atoms with Gasteiger partial charge in [0.1, 0.15) is 4.34 Å². The summed E-state index contributed by atoms with van der Waals surface area (Å²) in [6.45, 7) is 0. The van der Waals surface area contributed by atoms with Gasteiger partial charge in [0.25, 0.3) is 0 Å². The van der Waals surface area contributed by atoms with Crippen molar-refractivity contribution in [3.63, 3.8) is 0 Å². The van der Waals surface area contributed by atoms with Crippen molar-refractivity contribution >= 4 is 57.2 Å². The van der Waals surface area contributed by atoms with Crippen LogP contribution in [0.3, 0.4) is 0 Å². The molecule has 0 aliphatic heterocycles. The summed E-state index contributed by atoms with van der Waals surface area (Å²) in [5.41, 5.74) is 2.56. The lowest BCUT2D eigenvalue weighted by Gasteiger charge is -2.00. The van der Waals surface area contributed by atoms with Gasteiger partial charge in [0.15, 0.2) is 0 Å². The van der Waals surface area contributed by atoms with E-state index in [9.17, 15) is 0 Å². The van der Waals surface area contributed by atoms with Crippen molar-refractivity contribution in [2.75, 3.05) is 5.32 Å². The maximum absolute atomic E-state index is 6.02. The number of aromatic nitrogens is 2. The molecule has 0 spiro atoms. The number of halogens is 2. The zero-order valence-electron chi connectivity index (χ0n) is 8.50. The summed E-state index contributed by atoms with van der Waals surface area (Å²) in [5, 5.41) is 5.47. The average Bonchev–Trinajstić information content (AvgIpc) is 2.87. The summed E-state index contributed by atoms with van der Waals surface area (Å²) in [6, 6.07) is 7.80. The Morgan fingerprint density at radius 2 is 2.00 bits per heavy atom. The second kappa shape index (κ2) is 5.18. The highest BCUT2D eigenvalue weighted by Crippen LogP contribution is 2.37. The Bertz CT molecular complexity index is 622. The molecule has 0 unspecified atom stereocenters. The first-order valence-electron chi connectivity index (χ1n) is 4.88. The van der Waals surface area contributed by atoms with Crippen LogP contribution in [0.4, 0.5) is 11.6 Å². The number of imidazole rings is 1. The first-order chi connectivity index (χ1) is 8.24. The molecular formula is C12H11Cl2N3S. The molecule has 0 amide bonds. The molecule has 94 valence electrons. The number of benzene rings is 1. The molecule has 2 N–H and O–H groups in total. The highest BCUT2D eigenvalue weighted by Gasteiger charge is 2.10. The summed E-state index contributed by atoms with van der Waals surface area (Å²) in [5.74, 6) is 0.633. The van der Waals surface area contributed by atoms with Gasteiger partial charge in [-0.05, 0) is 12.1 Å². The standard InChI is InChI=1S/C11H7Cl2N3S.CH4/c12-6-5-17-10(13)9(6)16-11-14-7-3-1-2-4-8(7)15-11;/h1-5H,(H2,14,15,16);1H4. The number of H-pyrrole nitrogens is 1. The second-order valence-electron chi connectivity index (χ2n) is 3.46. The normalized spacial score (nSPS) is 10.3. The number of aromatic amines is 1. The summed E-state index contributed by atoms with van der Waals surface area (Å²) in [4.78, 5) is 7.54. The predicted molar refractivity (Wildman–Crippen MR) is 80.4 cm³/mol. The Labute approximate surface area is 119 Å². The molecule has 0 aliphatic carbocycles. The monoisotopic (exact) mass is 299 g/mol. The van der Waals surface area contributed by atoms with Crippen LogP contribution in [-0.4, -0.2) is 9.97 Å². The molecule has 0 saturated carbocycles. The average molecular weight is 300 g/mol. The molecular weight excluding hydrogens is 289 g/mol. The van der Waals surface area contributed by atoms with E-state index in [2.05, 4.69) is 15.3 Å². The van der Waals surface area contributed by atoms with E-state index in [-0.39, 0.29) is 7.43 Å². The van der Waals surface area contributed by atoms with Gasteiger partial charge in [-0.2, -0.15) is 0 Å². The lowest BCUT2D eigenvalue weighted by molar-refractivity contribution is 1.32. The third-order valence-electron chi connectivity index (χ3n) is 2.33. The molecule has 2 heterocycles. The van der Waals surface area contributed by atoms with Crippen LogP contribution in [0.5, 0.6) is 0 Å². The molecule has 0 fully saturated rings. The number of hydrogen-bond donors (Lipinski definition) is 2. The third kappa shape index (κ3) is 2.32. The zero-order valence-corrected chi connectivity index (χ0v) is 10.8. The second-order valence-corrected chi connectivity index (χ2v) is 5.35. The lowest BCUT2D eigenvalue weighted by atomic mass is 10.3. The first kappa shape index (κ1) is 13.2. The summed E-state index contributed by atoms with van der Waals surface area (Å²) in [6.07, 6.45) is 0. The molecule has 3 nitrogen and oxygen atoms in total. The molecule has 0 atom stereocenters. The smallest absolute Gasteiger partial charge is 0.205 e. The van der Waals surface area contributed by atoms with Gasteiger partial charge in [0.2, 0.25) is 5.95 Å². The lowest BCUT2D eigenvalue weighted by Crippen LogP contribution is -1.91. The van der Waals surface area contributed by atoms with E-state index in [0.29, 0.717) is 21.0 Å². The van der Waals surface area contributed by atoms with Crippen molar-refractivity contribution in [1.29, 1.82) is 0 Å². The third-order valence-corrected chi connectivity index (χ3v) is 3.98. The Hall–Kier alpha value is -1.23. The molecule has 2 aromatic heterocycles. The number of thiophene rings is 1. The van der Waals surface area contributed by atoms with Crippen LogP contribution >= 0.6 is 34.5 Å². The van der Waals surface area contributed by atoms with Crippen molar-refractivity contribution in [2.24, 2.45) is 0 Å². The van der Waals surface area contributed by atoms with Crippen LogP contribution in [0.25, 0.3) is 11.0 Å². The van der Waals surface area contributed by atoms with Gasteiger partial charge < -0.3 is 10.3 Å². The van der Waals surface area contributed by atoms with Crippen LogP contribution in [0.15, 0.2) is 29.6 Å². The number of rotatable bonds is 2. The Kier molecular flexibility index (Phi) is 3.80. The van der Waals surface area contributed by atoms with Crippen LogP contribution < -0.4 is 5.32 Å². The van der Waals surface area contributed by atoms with Crippen LogP contribution in [0.2, 0.25) is 9.36 Å².